The summed E-state index contributed by atoms with van der Waals surface area (Å²) in [6, 6.07) is 22.3. The first-order valence-corrected chi connectivity index (χ1v) is 18.1. The number of oxazole rings is 2. The predicted molar refractivity (Wildman–Crippen MR) is 199 cm³/mol. The van der Waals surface area contributed by atoms with Gasteiger partial charge in [-0.3, -0.25) is 14.6 Å². The maximum atomic E-state index is 13.5. The van der Waals surface area contributed by atoms with E-state index in [0.29, 0.717) is 77.6 Å². The lowest BCUT2D eigenvalue weighted by Gasteiger charge is -2.22. The van der Waals surface area contributed by atoms with Gasteiger partial charge < -0.3 is 18.7 Å². The Morgan fingerprint density at radius 3 is 2.27 bits per heavy atom. The molecule has 2 aromatic heterocycles. The van der Waals surface area contributed by atoms with E-state index in [2.05, 4.69) is 17.0 Å². The van der Waals surface area contributed by atoms with Crippen LogP contribution in [-0.4, -0.2) is 63.1 Å². The highest BCUT2D eigenvalue weighted by atomic mass is 19.3. The van der Waals surface area contributed by atoms with Crippen molar-refractivity contribution in [3.05, 3.63) is 88.5 Å². The molecule has 55 heavy (non-hydrogen) atoms. The lowest BCUT2D eigenvalue weighted by atomic mass is 9.91. The minimum atomic E-state index is -3.08. The van der Waals surface area contributed by atoms with Gasteiger partial charge in [0.2, 0.25) is 11.8 Å². The van der Waals surface area contributed by atoms with E-state index in [0.717, 1.165) is 46.3 Å². The summed E-state index contributed by atoms with van der Waals surface area (Å²) in [5, 5.41) is 29.0. The lowest BCUT2D eigenvalue weighted by Crippen LogP contribution is -2.35. The molecule has 0 unspecified atom stereocenters. The number of alkyl halides is 2. The fourth-order valence-corrected chi connectivity index (χ4v) is 8.00. The summed E-state index contributed by atoms with van der Waals surface area (Å²) in [5.74, 6) is -0.330. The molecule has 8 rings (SSSR count). The number of fused-ring (bicyclic) bond motifs is 2. The van der Waals surface area contributed by atoms with Crippen molar-refractivity contribution in [2.45, 2.75) is 58.9 Å². The monoisotopic (exact) mass is 742 g/mol. The summed E-state index contributed by atoms with van der Waals surface area (Å²) in [4.78, 5) is 25.3. The first-order chi connectivity index (χ1) is 26.6. The van der Waals surface area contributed by atoms with Crippen LogP contribution in [-0.2, 0) is 17.9 Å². The first kappa shape index (κ1) is 35.9. The molecule has 2 saturated heterocycles. The number of hydrogen-bond donors (Lipinski definition) is 1. The molecule has 2 fully saturated rings. The van der Waals surface area contributed by atoms with E-state index in [4.69, 9.17) is 23.5 Å². The highest BCUT2D eigenvalue weighted by Crippen LogP contribution is 2.39. The molecule has 0 bridgehead atoms. The van der Waals surface area contributed by atoms with Gasteiger partial charge in [-0.1, -0.05) is 24.3 Å². The van der Waals surface area contributed by atoms with Crippen molar-refractivity contribution in [3.63, 3.8) is 0 Å². The molecule has 0 saturated carbocycles. The number of likely N-dealkylation sites (tertiary alicyclic amines) is 2. The van der Waals surface area contributed by atoms with E-state index in [1.165, 1.54) is 6.07 Å². The van der Waals surface area contributed by atoms with Gasteiger partial charge in [-0.25, -0.2) is 9.97 Å². The molecule has 0 aliphatic carbocycles. The van der Waals surface area contributed by atoms with Gasteiger partial charge in [0.15, 0.2) is 11.2 Å². The normalized spacial score (nSPS) is 17.7. The largest absolute Gasteiger partial charge is 0.480 e. The second kappa shape index (κ2) is 14.6. The molecule has 0 spiro atoms. The fraction of sp³-hybridized carbons (Fsp3) is 0.310. The second-order valence-corrected chi connectivity index (χ2v) is 14.2. The summed E-state index contributed by atoms with van der Waals surface area (Å²) in [7, 11) is 0. The SMILES string of the molecule is Cc1c(-c2nc3cc(CN4CCC[C@H]4C(=O)O)c(OC(F)F)cc3o2)cccc1-c1cccc(-c2nc3cc(CN4CC[C@H](C#N)C4)cc(C#N)c3o2)c1C. The Morgan fingerprint density at radius 2 is 1.62 bits per heavy atom. The quantitative estimate of drug-likeness (QED) is 0.144. The Morgan fingerprint density at radius 1 is 0.927 bits per heavy atom. The van der Waals surface area contributed by atoms with Crippen LogP contribution in [0.4, 0.5) is 8.78 Å². The molecule has 278 valence electrons. The summed E-state index contributed by atoms with van der Waals surface area (Å²) >= 11 is 0. The Labute approximate surface area is 315 Å². The van der Waals surface area contributed by atoms with Gasteiger partial charge in [0.25, 0.3) is 0 Å². The van der Waals surface area contributed by atoms with Crippen molar-refractivity contribution in [1.29, 1.82) is 10.5 Å². The van der Waals surface area contributed by atoms with Crippen molar-refractivity contribution in [2.75, 3.05) is 19.6 Å². The molecular weight excluding hydrogens is 706 g/mol. The topological polar surface area (TPSA) is 153 Å². The molecule has 4 heterocycles. The number of carboxylic acid groups (broad SMARTS) is 1. The van der Waals surface area contributed by atoms with Gasteiger partial charge in [-0.05, 0) is 104 Å². The molecule has 2 aliphatic heterocycles. The zero-order valence-corrected chi connectivity index (χ0v) is 30.2. The van der Waals surface area contributed by atoms with Gasteiger partial charge in [0.05, 0.1) is 17.6 Å². The summed E-state index contributed by atoms with van der Waals surface area (Å²) in [5.41, 5.74) is 8.52. The number of carbonyl (C=O) groups is 1. The Hall–Kier alpha value is -6.15. The zero-order chi connectivity index (χ0) is 38.4. The van der Waals surface area contributed by atoms with Crippen LogP contribution < -0.4 is 4.74 Å². The first-order valence-electron chi connectivity index (χ1n) is 18.1. The summed E-state index contributed by atoms with van der Waals surface area (Å²) in [6.07, 6.45) is 2.01. The molecule has 0 amide bonds. The molecule has 2 aliphatic rings. The smallest absolute Gasteiger partial charge is 0.387 e. The van der Waals surface area contributed by atoms with E-state index in [1.807, 2.05) is 62.4 Å². The minimum Gasteiger partial charge on any atom is -0.480 e. The number of nitriles is 2. The maximum absolute atomic E-state index is 13.5. The van der Waals surface area contributed by atoms with Crippen molar-refractivity contribution in [2.24, 2.45) is 5.92 Å². The van der Waals surface area contributed by atoms with Crippen LogP contribution in [0.25, 0.3) is 56.2 Å². The number of nitrogens with zero attached hydrogens (tertiary/aromatic N) is 6. The maximum Gasteiger partial charge on any atom is 0.387 e. The zero-order valence-electron chi connectivity index (χ0n) is 30.2. The molecule has 2 atom stereocenters. The van der Waals surface area contributed by atoms with Crippen LogP contribution >= 0.6 is 0 Å². The van der Waals surface area contributed by atoms with Crippen molar-refractivity contribution in [1.82, 2.24) is 19.8 Å². The number of carboxylic acids is 1. The van der Waals surface area contributed by atoms with Crippen LogP contribution in [0, 0.1) is 42.4 Å². The van der Waals surface area contributed by atoms with Gasteiger partial charge >= 0.3 is 12.6 Å². The average molecular weight is 743 g/mol. The highest BCUT2D eigenvalue weighted by molar-refractivity contribution is 5.86. The predicted octanol–water partition coefficient (Wildman–Crippen LogP) is 8.45. The van der Waals surface area contributed by atoms with E-state index in [1.54, 1.807) is 11.0 Å². The van der Waals surface area contributed by atoms with Crippen LogP contribution in [0.3, 0.4) is 0 Å². The van der Waals surface area contributed by atoms with E-state index >= 15 is 0 Å². The third-order valence-electron chi connectivity index (χ3n) is 10.8. The van der Waals surface area contributed by atoms with Gasteiger partial charge in [-0.15, -0.1) is 0 Å². The molecule has 6 aromatic rings. The Kier molecular flexibility index (Phi) is 9.51. The van der Waals surface area contributed by atoms with E-state index in [-0.39, 0.29) is 23.8 Å². The van der Waals surface area contributed by atoms with Gasteiger partial charge in [0.1, 0.15) is 28.9 Å². The van der Waals surface area contributed by atoms with Gasteiger partial charge in [0, 0.05) is 42.4 Å². The van der Waals surface area contributed by atoms with Crippen LogP contribution in [0.15, 0.2) is 69.5 Å². The van der Waals surface area contributed by atoms with Crippen LogP contribution in [0.5, 0.6) is 5.75 Å². The number of rotatable bonds is 10. The van der Waals surface area contributed by atoms with Crippen molar-refractivity contribution < 1.29 is 32.3 Å². The third kappa shape index (κ3) is 6.89. The van der Waals surface area contributed by atoms with Crippen LogP contribution in [0.2, 0.25) is 0 Å². The fourth-order valence-electron chi connectivity index (χ4n) is 8.00. The molecule has 1 N–H and O–H groups in total. The number of halogens is 2. The summed E-state index contributed by atoms with van der Waals surface area (Å²) < 4.78 is 44.3. The van der Waals surface area contributed by atoms with Crippen molar-refractivity contribution in [3.8, 4) is 51.9 Å². The molecule has 0 radical (unpaired) electrons. The number of benzene rings is 4. The second-order valence-electron chi connectivity index (χ2n) is 14.2. The number of hydrogen-bond acceptors (Lipinski definition) is 10. The molecule has 11 nitrogen and oxygen atoms in total. The number of ether oxygens (including phenoxy) is 1. The minimum absolute atomic E-state index is 0.0188. The lowest BCUT2D eigenvalue weighted by molar-refractivity contribution is -0.142. The molecular formula is C42H36F2N6O5. The van der Waals surface area contributed by atoms with Crippen LogP contribution in [0.1, 0.15) is 47.1 Å². The Balaban J connectivity index is 1.12. The average Bonchev–Trinajstić information content (AvgIpc) is 3.98. The van der Waals surface area contributed by atoms with Gasteiger partial charge in [-0.2, -0.15) is 19.3 Å². The van der Waals surface area contributed by atoms with E-state index < -0.39 is 18.6 Å². The summed E-state index contributed by atoms with van der Waals surface area (Å²) in [6.45, 7) is 3.66. The van der Waals surface area contributed by atoms with E-state index in [9.17, 15) is 29.2 Å². The third-order valence-corrected chi connectivity index (χ3v) is 10.8. The number of aliphatic carboxylic acids is 1. The highest BCUT2D eigenvalue weighted by Gasteiger charge is 2.32. The standard InChI is InChI=1S/C42H36F2N6O5/c1-23-29(6-3-8-31(23)39-47-33-16-28(22-50-12-5-10-35(50)41(51)52)36(54-42(43)44)17-37(33)53-39)30-7-4-9-32(24(30)2)40-48-34-15-26(14-27(19-46)38(34)55-40)21-49-13-11-25(18-45)20-49/h3-4,6-9,14-17,25,35,42H,5,10-13,20-22H2,1-2H3,(H,51,52)/t25-,35+/m1/s1. The van der Waals surface area contributed by atoms with Crippen molar-refractivity contribution >= 4 is 28.2 Å². The number of aromatic nitrogens is 2. The molecule has 4 aromatic carbocycles. The molecule has 13 heteroatoms. The Bertz CT molecular complexity index is 2550.